The van der Waals surface area contributed by atoms with Crippen molar-refractivity contribution in [3.63, 3.8) is 0 Å². The van der Waals surface area contributed by atoms with Crippen molar-refractivity contribution in [2.45, 2.75) is 46.6 Å². The number of aromatic nitrogens is 2. The van der Waals surface area contributed by atoms with Crippen LogP contribution in [0.2, 0.25) is 0 Å². The second kappa shape index (κ2) is 13.9. The third-order valence-corrected chi connectivity index (χ3v) is 9.39. The molecule has 0 fully saturated rings. The van der Waals surface area contributed by atoms with E-state index >= 15 is 4.79 Å². The predicted octanol–water partition coefficient (Wildman–Crippen LogP) is 6.67. The number of carbonyl (C=O) groups is 3. The fourth-order valence-electron chi connectivity index (χ4n) is 7.30. The average Bonchev–Trinajstić information content (AvgIpc) is 3.45. The van der Waals surface area contributed by atoms with Gasteiger partial charge < -0.3 is 19.7 Å². The number of nitrogens with zero attached hydrogens (tertiary/aromatic N) is 3. The molecule has 4 aromatic rings. The zero-order chi connectivity index (χ0) is 33.9. The normalized spacial score (nSPS) is 20.0. The van der Waals surface area contributed by atoms with Crippen molar-refractivity contribution in [3.05, 3.63) is 113 Å². The number of para-hydroxylation sites is 1. The van der Waals surface area contributed by atoms with E-state index in [0.717, 1.165) is 30.0 Å². The van der Waals surface area contributed by atoms with E-state index in [2.05, 4.69) is 24.1 Å². The van der Waals surface area contributed by atoms with E-state index in [1.54, 1.807) is 13.8 Å². The Morgan fingerprint density at radius 3 is 1.94 bits per heavy atom. The number of aryl methyl sites for hydroxylation is 1. The van der Waals surface area contributed by atoms with Gasteiger partial charge in [0.05, 0.1) is 36.6 Å². The first-order valence-corrected chi connectivity index (χ1v) is 16.8. The van der Waals surface area contributed by atoms with E-state index in [9.17, 15) is 9.59 Å². The average molecular weight is 647 g/mol. The van der Waals surface area contributed by atoms with Crippen molar-refractivity contribution >= 4 is 34.8 Å². The minimum absolute atomic E-state index is 0.0989. The van der Waals surface area contributed by atoms with Crippen LogP contribution in [0.5, 0.6) is 0 Å². The summed E-state index contributed by atoms with van der Waals surface area (Å²) < 4.78 is 13.2. The van der Waals surface area contributed by atoms with Gasteiger partial charge in [0, 0.05) is 35.8 Å². The molecule has 9 nitrogen and oxygen atoms in total. The Bertz CT molecular complexity index is 1830. The van der Waals surface area contributed by atoms with E-state index in [1.807, 2.05) is 96.5 Å². The molecule has 0 saturated heterocycles. The van der Waals surface area contributed by atoms with Crippen LogP contribution in [0.4, 0.5) is 11.5 Å². The third-order valence-electron chi connectivity index (χ3n) is 9.39. The summed E-state index contributed by atoms with van der Waals surface area (Å²) in [5.74, 6) is -3.97. The summed E-state index contributed by atoms with van der Waals surface area (Å²) in [5.41, 5.74) is 5.60. The Morgan fingerprint density at radius 1 is 0.771 bits per heavy atom. The number of benzene rings is 3. The van der Waals surface area contributed by atoms with Gasteiger partial charge in [0.15, 0.2) is 5.78 Å². The monoisotopic (exact) mass is 646 g/mol. The molecular formula is C39H42N4O5. The molecule has 9 heteroatoms. The molecule has 0 saturated carbocycles. The molecule has 3 aromatic carbocycles. The molecule has 4 atom stereocenters. The Morgan fingerprint density at radius 2 is 1.35 bits per heavy atom. The quantitative estimate of drug-likeness (QED) is 0.151. The number of hydrogen-bond acceptors (Lipinski definition) is 8. The number of anilines is 2. The molecule has 0 radical (unpaired) electrons. The summed E-state index contributed by atoms with van der Waals surface area (Å²) in [7, 11) is 0. The molecule has 0 spiro atoms. The predicted molar refractivity (Wildman–Crippen MR) is 186 cm³/mol. The largest absolute Gasteiger partial charge is 0.466 e. The topological polar surface area (TPSA) is 103 Å². The molecule has 1 aliphatic carbocycles. The lowest BCUT2D eigenvalue weighted by atomic mass is 9.61. The van der Waals surface area contributed by atoms with Gasteiger partial charge in [-0.2, -0.15) is 5.10 Å². The van der Waals surface area contributed by atoms with E-state index in [4.69, 9.17) is 14.6 Å². The molecular weight excluding hydrogens is 604 g/mol. The molecule has 1 aliphatic heterocycles. The molecule has 1 N–H and O–H groups in total. The Labute approximate surface area is 281 Å². The zero-order valence-electron chi connectivity index (χ0n) is 28.1. The van der Waals surface area contributed by atoms with Gasteiger partial charge in [-0.3, -0.25) is 14.4 Å². The van der Waals surface area contributed by atoms with Gasteiger partial charge in [0.25, 0.3) is 0 Å². The molecule has 1 aromatic heterocycles. The van der Waals surface area contributed by atoms with Crippen LogP contribution in [-0.2, 0) is 23.9 Å². The lowest BCUT2D eigenvalue weighted by molar-refractivity contribution is -0.154. The summed E-state index contributed by atoms with van der Waals surface area (Å²) in [5, 5.41) is 8.59. The minimum Gasteiger partial charge on any atom is -0.466 e. The number of rotatable bonds is 10. The van der Waals surface area contributed by atoms with Crippen molar-refractivity contribution in [2.75, 3.05) is 36.5 Å². The fourth-order valence-corrected chi connectivity index (χ4v) is 7.30. The second-order valence-corrected chi connectivity index (χ2v) is 12.0. The summed E-state index contributed by atoms with van der Waals surface area (Å²) in [6.07, 6.45) is 0. The molecule has 0 amide bonds. The SMILES string of the molecule is CCOC(=O)[C@@H]1C(=O)C2=C(c3c(C)nn(-c4ccccc4)c3N[C@@H]2c2ccc(N(CC)CC)cc2)[C@@H](C(=O)OCC)[C@H]1c1ccccc1. The number of esters is 2. The lowest BCUT2D eigenvalue weighted by Gasteiger charge is -2.42. The van der Waals surface area contributed by atoms with Crippen LogP contribution >= 0.6 is 0 Å². The maximum absolute atomic E-state index is 15.0. The second-order valence-electron chi connectivity index (χ2n) is 12.0. The standard InChI is InChI=1S/C39H42N4O5/c1-6-42(7-2)27-22-20-26(21-23-27)35-33-31(29-24(5)41-43(37(29)40-35)28-18-14-11-15-19-28)32(38(45)47-8-3)30(25-16-12-10-13-17-25)34(36(33)44)39(46)48-9-4/h10-23,30,32,34-35,40H,6-9H2,1-5H3/t30-,32+,34+,35-/m1/s1. The highest BCUT2D eigenvalue weighted by Crippen LogP contribution is 2.55. The van der Waals surface area contributed by atoms with Crippen molar-refractivity contribution in [1.29, 1.82) is 0 Å². The molecule has 2 heterocycles. The highest BCUT2D eigenvalue weighted by molar-refractivity contribution is 6.19. The van der Waals surface area contributed by atoms with Gasteiger partial charge in [-0.25, -0.2) is 4.68 Å². The van der Waals surface area contributed by atoms with Crippen molar-refractivity contribution in [1.82, 2.24) is 9.78 Å². The first-order chi connectivity index (χ1) is 23.3. The number of ketones is 1. The van der Waals surface area contributed by atoms with Gasteiger partial charge in [0.1, 0.15) is 11.7 Å². The van der Waals surface area contributed by atoms with Crippen LogP contribution in [0.15, 0.2) is 90.5 Å². The van der Waals surface area contributed by atoms with Gasteiger partial charge >= 0.3 is 11.9 Å². The fraction of sp³-hybridized carbons (Fsp3) is 0.333. The Balaban J connectivity index is 1.66. The van der Waals surface area contributed by atoms with Crippen molar-refractivity contribution < 1.29 is 23.9 Å². The van der Waals surface area contributed by atoms with Crippen LogP contribution in [-0.4, -0.2) is 53.8 Å². The number of hydrogen-bond donors (Lipinski definition) is 1. The lowest BCUT2D eigenvalue weighted by Crippen LogP contribution is -2.46. The van der Waals surface area contributed by atoms with Crippen LogP contribution in [0.25, 0.3) is 11.3 Å². The van der Waals surface area contributed by atoms with Crippen LogP contribution in [0.3, 0.4) is 0 Å². The van der Waals surface area contributed by atoms with E-state index in [1.165, 1.54) is 0 Å². The number of nitrogens with one attached hydrogen (secondary N) is 1. The summed E-state index contributed by atoms with van der Waals surface area (Å²) in [4.78, 5) is 45.5. The third kappa shape index (κ3) is 5.67. The van der Waals surface area contributed by atoms with Gasteiger partial charge in [-0.1, -0.05) is 60.7 Å². The van der Waals surface area contributed by atoms with Crippen LogP contribution in [0, 0.1) is 18.8 Å². The summed E-state index contributed by atoms with van der Waals surface area (Å²) in [6.45, 7) is 11.5. The zero-order valence-corrected chi connectivity index (χ0v) is 28.1. The number of Topliss-reactive ketones (excluding diaryl/α,β-unsaturated/α-hetero) is 1. The Hall–Kier alpha value is -5.18. The molecule has 6 rings (SSSR count). The summed E-state index contributed by atoms with van der Waals surface area (Å²) >= 11 is 0. The number of fused-ring (bicyclic) bond motifs is 2. The van der Waals surface area contributed by atoms with Gasteiger partial charge in [0.2, 0.25) is 0 Å². The Kier molecular flexibility index (Phi) is 9.48. The van der Waals surface area contributed by atoms with Gasteiger partial charge in [-0.15, -0.1) is 0 Å². The van der Waals surface area contributed by atoms with E-state index < -0.39 is 35.7 Å². The maximum Gasteiger partial charge on any atom is 0.317 e. The molecule has 2 aliphatic rings. The first kappa shape index (κ1) is 32.7. The maximum atomic E-state index is 15.0. The first-order valence-electron chi connectivity index (χ1n) is 16.8. The highest BCUT2D eigenvalue weighted by Gasteiger charge is 2.55. The minimum atomic E-state index is -1.26. The molecule has 0 bridgehead atoms. The molecule has 248 valence electrons. The van der Waals surface area contributed by atoms with Crippen LogP contribution < -0.4 is 10.2 Å². The smallest absolute Gasteiger partial charge is 0.317 e. The number of carbonyl (C=O) groups excluding carboxylic acids is 3. The van der Waals surface area contributed by atoms with E-state index in [-0.39, 0.29) is 19.0 Å². The highest BCUT2D eigenvalue weighted by atomic mass is 16.5. The van der Waals surface area contributed by atoms with Crippen molar-refractivity contribution in [2.24, 2.45) is 11.8 Å². The van der Waals surface area contributed by atoms with E-state index in [0.29, 0.717) is 33.8 Å². The van der Waals surface area contributed by atoms with Crippen molar-refractivity contribution in [3.8, 4) is 5.69 Å². The molecule has 0 unspecified atom stereocenters. The van der Waals surface area contributed by atoms with Gasteiger partial charge in [-0.05, 0) is 75.6 Å². The molecule has 48 heavy (non-hydrogen) atoms. The summed E-state index contributed by atoms with van der Waals surface area (Å²) in [6, 6.07) is 26.4. The van der Waals surface area contributed by atoms with Crippen LogP contribution in [0.1, 0.15) is 62.0 Å². The number of ether oxygens (including phenoxy) is 2.